The third kappa shape index (κ3) is 5.83. The number of hydrogen-bond donors (Lipinski definition) is 1. The molecule has 1 amide bonds. The molecule has 152 valence electrons. The number of carbonyl (C=O) groups excluding carboxylic acids is 1. The van der Waals surface area contributed by atoms with Crippen LogP contribution < -0.4 is 5.32 Å². The zero-order valence-electron chi connectivity index (χ0n) is 15.4. The third-order valence-electron chi connectivity index (χ3n) is 4.01. The number of furan rings is 1. The summed E-state index contributed by atoms with van der Waals surface area (Å²) in [6, 6.07) is 13.2. The number of amides is 1. The van der Waals surface area contributed by atoms with Crippen molar-refractivity contribution in [2.75, 3.05) is 5.75 Å². The highest BCUT2D eigenvalue weighted by Crippen LogP contribution is 2.32. The first-order valence-electron chi connectivity index (χ1n) is 8.80. The van der Waals surface area contributed by atoms with Gasteiger partial charge < -0.3 is 9.73 Å². The molecule has 1 N–H and O–H groups in total. The van der Waals surface area contributed by atoms with Crippen molar-refractivity contribution >= 4 is 17.7 Å². The zero-order chi connectivity index (χ0) is 20.9. The fourth-order valence-corrected chi connectivity index (χ4v) is 3.35. The normalized spacial score (nSPS) is 12.6. The Morgan fingerprint density at radius 3 is 2.59 bits per heavy atom. The molecule has 9 heteroatoms. The van der Waals surface area contributed by atoms with Crippen LogP contribution in [0.4, 0.5) is 13.2 Å². The lowest BCUT2D eigenvalue weighted by atomic mass is 10.1. The minimum absolute atomic E-state index is 0.0435. The second-order valence-corrected chi connectivity index (χ2v) is 7.26. The van der Waals surface area contributed by atoms with Crippen molar-refractivity contribution in [1.29, 1.82) is 0 Å². The van der Waals surface area contributed by atoms with Gasteiger partial charge >= 0.3 is 6.18 Å². The Bertz CT molecular complexity index is 947. The molecule has 29 heavy (non-hydrogen) atoms. The lowest BCUT2D eigenvalue weighted by Crippen LogP contribution is -2.26. The van der Waals surface area contributed by atoms with E-state index >= 15 is 0 Å². The molecule has 0 fully saturated rings. The molecule has 5 nitrogen and oxygen atoms in total. The summed E-state index contributed by atoms with van der Waals surface area (Å²) in [4.78, 5) is 19.8. The predicted molar refractivity (Wildman–Crippen MR) is 103 cm³/mol. The second kappa shape index (κ2) is 9.13. The van der Waals surface area contributed by atoms with E-state index in [0.29, 0.717) is 0 Å². The van der Waals surface area contributed by atoms with E-state index in [-0.39, 0.29) is 40.7 Å². The van der Waals surface area contributed by atoms with Crippen molar-refractivity contribution in [1.82, 2.24) is 15.3 Å². The Labute approximate surface area is 169 Å². The van der Waals surface area contributed by atoms with Gasteiger partial charge in [0.05, 0.1) is 12.3 Å². The molecule has 0 bridgehead atoms. The average Bonchev–Trinajstić information content (AvgIpc) is 3.22. The van der Waals surface area contributed by atoms with E-state index in [1.807, 2.05) is 37.3 Å². The lowest BCUT2D eigenvalue weighted by Gasteiger charge is -2.14. The van der Waals surface area contributed by atoms with Gasteiger partial charge in [0.15, 0.2) is 10.9 Å². The van der Waals surface area contributed by atoms with Crippen LogP contribution in [-0.4, -0.2) is 21.6 Å². The monoisotopic (exact) mass is 421 g/mol. The van der Waals surface area contributed by atoms with E-state index in [0.717, 1.165) is 23.4 Å². The minimum atomic E-state index is -4.61. The summed E-state index contributed by atoms with van der Waals surface area (Å²) < 4.78 is 44.6. The Balaban J connectivity index is 1.62. The molecule has 2 aromatic heterocycles. The van der Waals surface area contributed by atoms with Crippen molar-refractivity contribution in [2.45, 2.75) is 30.7 Å². The Kier molecular flexibility index (Phi) is 6.58. The quantitative estimate of drug-likeness (QED) is 0.424. The van der Waals surface area contributed by atoms with Crippen LogP contribution in [0.1, 0.15) is 30.6 Å². The van der Waals surface area contributed by atoms with Crippen molar-refractivity contribution < 1.29 is 22.4 Å². The lowest BCUT2D eigenvalue weighted by molar-refractivity contribution is -0.141. The van der Waals surface area contributed by atoms with Crippen molar-refractivity contribution in [3.63, 3.8) is 0 Å². The molecular formula is C20H18F3N3O2S. The number of carbonyl (C=O) groups is 1. The molecule has 3 aromatic rings. The molecule has 0 aliphatic carbocycles. The topological polar surface area (TPSA) is 68.0 Å². The maximum absolute atomic E-state index is 13.2. The molecule has 0 aliphatic heterocycles. The molecule has 0 saturated carbocycles. The molecule has 0 spiro atoms. The van der Waals surface area contributed by atoms with Crippen LogP contribution in [0.15, 0.2) is 64.4 Å². The fraction of sp³-hybridized carbons (Fsp3) is 0.250. The van der Waals surface area contributed by atoms with Crippen molar-refractivity contribution in [3.05, 3.63) is 66.1 Å². The van der Waals surface area contributed by atoms with Crippen LogP contribution in [0.5, 0.6) is 0 Å². The van der Waals surface area contributed by atoms with Gasteiger partial charge in [0.2, 0.25) is 5.91 Å². The summed E-state index contributed by atoms with van der Waals surface area (Å²) in [5.74, 6) is 0.257. The number of nitrogens with one attached hydrogen (secondary N) is 1. The highest BCUT2D eigenvalue weighted by atomic mass is 32.2. The van der Waals surface area contributed by atoms with E-state index in [4.69, 9.17) is 4.42 Å². The largest absolute Gasteiger partial charge is 0.463 e. The molecule has 0 saturated heterocycles. The Hall–Kier alpha value is -2.81. The second-order valence-electron chi connectivity index (χ2n) is 6.19. The molecule has 0 radical (unpaired) electrons. The zero-order valence-corrected chi connectivity index (χ0v) is 16.3. The number of hydrogen-bond acceptors (Lipinski definition) is 5. The molecule has 2 heterocycles. The van der Waals surface area contributed by atoms with Crippen molar-refractivity contribution in [2.24, 2.45) is 0 Å². The first-order valence-corrected chi connectivity index (χ1v) is 9.79. The number of benzene rings is 1. The molecule has 0 aliphatic rings. The van der Waals surface area contributed by atoms with Gasteiger partial charge in [0.25, 0.3) is 0 Å². The summed E-state index contributed by atoms with van der Waals surface area (Å²) in [5.41, 5.74) is -0.0386. The van der Waals surface area contributed by atoms with Crippen LogP contribution in [0.25, 0.3) is 11.5 Å². The van der Waals surface area contributed by atoms with Gasteiger partial charge in [-0.25, -0.2) is 9.97 Å². The van der Waals surface area contributed by atoms with Gasteiger partial charge in [-0.15, -0.1) is 0 Å². The fourth-order valence-electron chi connectivity index (χ4n) is 2.56. The highest BCUT2D eigenvalue weighted by molar-refractivity contribution is 7.99. The standard InChI is InChI=1S/C20H18F3N3O2S/c1-13(14-6-3-2-4-7-14)24-18(27)9-11-29-19-25-15(16-8-5-10-28-16)12-17(26-19)20(21,22)23/h2-8,10,12-13H,9,11H2,1H3,(H,24,27). The van der Waals surface area contributed by atoms with Gasteiger partial charge in [-0.2, -0.15) is 13.2 Å². The Morgan fingerprint density at radius 1 is 1.17 bits per heavy atom. The number of halogens is 3. The van der Waals surface area contributed by atoms with Crippen LogP contribution >= 0.6 is 11.8 Å². The third-order valence-corrected chi connectivity index (χ3v) is 4.86. The molecule has 3 rings (SSSR count). The first kappa shape index (κ1) is 20.9. The number of aromatic nitrogens is 2. The van der Waals surface area contributed by atoms with E-state index in [2.05, 4.69) is 15.3 Å². The van der Waals surface area contributed by atoms with E-state index in [1.54, 1.807) is 6.07 Å². The average molecular weight is 421 g/mol. The summed E-state index contributed by atoms with van der Waals surface area (Å²) >= 11 is 0.989. The number of nitrogens with zero attached hydrogens (tertiary/aromatic N) is 2. The summed E-state index contributed by atoms with van der Waals surface area (Å²) in [5, 5.41) is 2.80. The maximum atomic E-state index is 13.2. The summed E-state index contributed by atoms with van der Waals surface area (Å²) in [7, 11) is 0. The molecular weight excluding hydrogens is 403 g/mol. The van der Waals surface area contributed by atoms with E-state index in [9.17, 15) is 18.0 Å². The van der Waals surface area contributed by atoms with Gasteiger partial charge in [0.1, 0.15) is 11.4 Å². The van der Waals surface area contributed by atoms with Crippen LogP contribution in [-0.2, 0) is 11.0 Å². The van der Waals surface area contributed by atoms with Crippen LogP contribution in [0, 0.1) is 0 Å². The Morgan fingerprint density at radius 2 is 1.93 bits per heavy atom. The van der Waals surface area contributed by atoms with Gasteiger partial charge in [-0.1, -0.05) is 42.1 Å². The number of rotatable bonds is 7. The van der Waals surface area contributed by atoms with Crippen LogP contribution in [0.3, 0.4) is 0 Å². The van der Waals surface area contributed by atoms with Crippen molar-refractivity contribution in [3.8, 4) is 11.5 Å². The van der Waals surface area contributed by atoms with E-state index < -0.39 is 11.9 Å². The van der Waals surface area contributed by atoms with Crippen LogP contribution in [0.2, 0.25) is 0 Å². The minimum Gasteiger partial charge on any atom is -0.463 e. The molecule has 1 unspecified atom stereocenters. The maximum Gasteiger partial charge on any atom is 0.433 e. The first-order chi connectivity index (χ1) is 13.8. The highest BCUT2D eigenvalue weighted by Gasteiger charge is 2.34. The summed E-state index contributed by atoms with van der Waals surface area (Å²) in [6.45, 7) is 1.87. The van der Waals surface area contributed by atoms with Gasteiger partial charge in [-0.3, -0.25) is 4.79 Å². The molecule has 1 aromatic carbocycles. The smallest absolute Gasteiger partial charge is 0.433 e. The number of alkyl halides is 3. The van der Waals surface area contributed by atoms with Gasteiger partial charge in [0, 0.05) is 12.2 Å². The van der Waals surface area contributed by atoms with E-state index in [1.165, 1.54) is 12.3 Å². The SMILES string of the molecule is CC(NC(=O)CCSc1nc(-c2ccco2)cc(C(F)(F)F)n1)c1ccccc1. The van der Waals surface area contributed by atoms with Gasteiger partial charge in [-0.05, 0) is 30.7 Å². The number of thioether (sulfide) groups is 1. The predicted octanol–water partition coefficient (Wildman–Crippen LogP) is 5.12. The molecule has 1 atom stereocenters. The summed E-state index contributed by atoms with van der Waals surface area (Å²) in [6.07, 6.45) is -3.13.